The van der Waals surface area contributed by atoms with Crippen LogP contribution in [0.15, 0.2) is 24.4 Å². The Balaban J connectivity index is 1.53. The summed E-state index contributed by atoms with van der Waals surface area (Å²) in [5.41, 5.74) is 7.85. The van der Waals surface area contributed by atoms with E-state index in [0.717, 1.165) is 30.0 Å². The largest absolute Gasteiger partial charge is 0.394 e. The number of rotatable bonds is 5. The molecule has 1 fully saturated rings. The number of fused-ring (bicyclic) bond motifs is 1. The van der Waals surface area contributed by atoms with Crippen molar-refractivity contribution in [3.63, 3.8) is 0 Å². The average molecular weight is 288 g/mol. The van der Waals surface area contributed by atoms with Crippen LogP contribution in [0.3, 0.4) is 0 Å². The number of nitrogen functional groups attached to an aromatic ring is 1. The van der Waals surface area contributed by atoms with E-state index in [-0.39, 0.29) is 0 Å². The molecule has 0 radical (unpaired) electrons. The average Bonchev–Trinajstić information content (AvgIpc) is 2.82. The fraction of sp³-hybridized carbons (Fsp3) is 0.562. The zero-order valence-electron chi connectivity index (χ0n) is 12.9. The molecule has 5 nitrogen and oxygen atoms in total. The molecule has 1 saturated heterocycles. The summed E-state index contributed by atoms with van der Waals surface area (Å²) >= 11 is 0. The monoisotopic (exact) mass is 288 g/mol. The Labute approximate surface area is 126 Å². The van der Waals surface area contributed by atoms with Crippen LogP contribution in [0.1, 0.15) is 25.7 Å². The molecule has 0 atom stereocenters. The van der Waals surface area contributed by atoms with Gasteiger partial charge in [0.05, 0.1) is 32.2 Å². The zero-order valence-corrected chi connectivity index (χ0v) is 12.9. The number of hydrogen-bond donors (Lipinski definition) is 2. The number of nitrogens with two attached hydrogens (primary N) is 1. The molecular formula is C16H26N5+. The number of anilines is 2. The molecule has 2 aromatic rings. The van der Waals surface area contributed by atoms with E-state index >= 15 is 0 Å². The highest BCUT2D eigenvalue weighted by Gasteiger charge is 2.23. The topological polar surface area (TPSA) is 55.4 Å². The predicted molar refractivity (Wildman–Crippen MR) is 87.3 cm³/mol. The second kappa shape index (κ2) is 5.93. The predicted octanol–water partition coefficient (Wildman–Crippen LogP) is 2.35. The van der Waals surface area contributed by atoms with Crippen LogP contribution in [0.5, 0.6) is 0 Å². The van der Waals surface area contributed by atoms with Gasteiger partial charge in [0.15, 0.2) is 5.82 Å². The number of piperidine rings is 1. The summed E-state index contributed by atoms with van der Waals surface area (Å²) in [5, 5.41) is 7.88. The van der Waals surface area contributed by atoms with Crippen molar-refractivity contribution in [2.75, 3.05) is 44.3 Å². The molecule has 0 aliphatic carbocycles. The van der Waals surface area contributed by atoms with Gasteiger partial charge in [-0.15, -0.1) is 5.10 Å². The molecule has 114 valence electrons. The molecule has 0 saturated carbocycles. The van der Waals surface area contributed by atoms with Gasteiger partial charge in [-0.05, 0) is 31.4 Å². The Morgan fingerprint density at radius 1 is 1.29 bits per heavy atom. The number of nitrogens with zero attached hydrogens (tertiary/aromatic N) is 3. The molecule has 3 heterocycles. The van der Waals surface area contributed by atoms with Crippen LogP contribution in [0.4, 0.5) is 11.5 Å². The van der Waals surface area contributed by atoms with Crippen molar-refractivity contribution in [2.24, 2.45) is 0 Å². The van der Waals surface area contributed by atoms with Crippen molar-refractivity contribution in [1.29, 1.82) is 0 Å². The first-order valence-corrected chi connectivity index (χ1v) is 7.98. The van der Waals surface area contributed by atoms with Crippen LogP contribution >= 0.6 is 0 Å². The maximum absolute atomic E-state index is 6.14. The Bertz CT molecular complexity index is 598. The van der Waals surface area contributed by atoms with Gasteiger partial charge in [-0.1, -0.05) is 6.07 Å². The molecule has 3 rings (SSSR count). The third kappa shape index (κ3) is 3.13. The first-order valence-electron chi connectivity index (χ1n) is 7.98. The fourth-order valence-corrected chi connectivity index (χ4v) is 3.32. The van der Waals surface area contributed by atoms with E-state index in [0.29, 0.717) is 0 Å². The number of aromatic nitrogens is 2. The second-order valence-corrected chi connectivity index (χ2v) is 6.42. The summed E-state index contributed by atoms with van der Waals surface area (Å²) in [4.78, 5) is 0. The Kier molecular flexibility index (Phi) is 4.01. The molecule has 0 amide bonds. The standard InChI is InChI=1S/C16H26N5/c1-21(11-5-2-6-12-21)13-7-9-18-16-15(17)14-8-3-4-10-20(14)19-16/h3-4,8,10H,2,5-7,9,11-13,17H2,1H3,(H,18,19)/q+1. The van der Waals surface area contributed by atoms with Crippen LogP contribution in [0, 0.1) is 0 Å². The Morgan fingerprint density at radius 3 is 2.86 bits per heavy atom. The third-order valence-electron chi connectivity index (χ3n) is 4.64. The molecule has 2 aromatic heterocycles. The van der Waals surface area contributed by atoms with Gasteiger partial charge in [0.2, 0.25) is 0 Å². The van der Waals surface area contributed by atoms with Gasteiger partial charge in [-0.2, -0.15) is 0 Å². The Hall–Kier alpha value is -1.75. The number of nitrogens with one attached hydrogen (secondary N) is 1. The number of quaternary nitrogens is 1. The van der Waals surface area contributed by atoms with Crippen molar-refractivity contribution < 1.29 is 4.48 Å². The summed E-state index contributed by atoms with van der Waals surface area (Å²) in [6.07, 6.45) is 7.25. The molecule has 3 N–H and O–H groups in total. The minimum Gasteiger partial charge on any atom is -0.394 e. The van der Waals surface area contributed by atoms with Crippen molar-refractivity contribution in [2.45, 2.75) is 25.7 Å². The molecule has 1 aliphatic rings. The van der Waals surface area contributed by atoms with Crippen LogP contribution < -0.4 is 11.1 Å². The fourth-order valence-electron chi connectivity index (χ4n) is 3.32. The van der Waals surface area contributed by atoms with Crippen molar-refractivity contribution in [3.8, 4) is 0 Å². The number of hydrogen-bond acceptors (Lipinski definition) is 3. The second-order valence-electron chi connectivity index (χ2n) is 6.42. The van der Waals surface area contributed by atoms with E-state index in [1.54, 1.807) is 0 Å². The highest BCUT2D eigenvalue weighted by Crippen LogP contribution is 2.22. The molecule has 21 heavy (non-hydrogen) atoms. The van der Waals surface area contributed by atoms with Crippen LogP contribution in [-0.2, 0) is 0 Å². The minimum atomic E-state index is 0.744. The summed E-state index contributed by atoms with van der Waals surface area (Å²) < 4.78 is 3.05. The maximum atomic E-state index is 6.14. The van der Waals surface area contributed by atoms with E-state index in [4.69, 9.17) is 5.73 Å². The quantitative estimate of drug-likeness (QED) is 0.656. The smallest absolute Gasteiger partial charge is 0.172 e. The summed E-state index contributed by atoms with van der Waals surface area (Å²) in [6, 6.07) is 5.94. The van der Waals surface area contributed by atoms with E-state index in [9.17, 15) is 0 Å². The van der Waals surface area contributed by atoms with Crippen LogP contribution in [-0.4, -0.2) is 47.3 Å². The summed E-state index contributed by atoms with van der Waals surface area (Å²) in [6.45, 7) is 4.83. The minimum absolute atomic E-state index is 0.744. The van der Waals surface area contributed by atoms with Gasteiger partial charge in [0, 0.05) is 19.2 Å². The van der Waals surface area contributed by atoms with Gasteiger partial charge in [-0.3, -0.25) is 0 Å². The van der Waals surface area contributed by atoms with E-state index in [1.807, 2.05) is 28.9 Å². The molecule has 0 spiro atoms. The first kappa shape index (κ1) is 14.2. The zero-order chi connectivity index (χ0) is 14.7. The van der Waals surface area contributed by atoms with Crippen molar-refractivity contribution in [1.82, 2.24) is 9.61 Å². The lowest BCUT2D eigenvalue weighted by Crippen LogP contribution is -2.48. The van der Waals surface area contributed by atoms with Crippen molar-refractivity contribution >= 4 is 17.0 Å². The molecule has 0 aromatic carbocycles. The molecule has 5 heteroatoms. The lowest BCUT2D eigenvalue weighted by molar-refractivity contribution is -0.914. The lowest BCUT2D eigenvalue weighted by Gasteiger charge is -2.37. The molecule has 1 aliphatic heterocycles. The van der Waals surface area contributed by atoms with Crippen LogP contribution in [0.25, 0.3) is 5.52 Å². The number of pyridine rings is 1. The van der Waals surface area contributed by atoms with Gasteiger partial charge in [0.25, 0.3) is 0 Å². The molecule has 0 unspecified atom stereocenters. The summed E-state index contributed by atoms with van der Waals surface area (Å²) in [5.74, 6) is 0.808. The van der Waals surface area contributed by atoms with Gasteiger partial charge < -0.3 is 15.5 Å². The van der Waals surface area contributed by atoms with E-state index < -0.39 is 0 Å². The normalized spacial score (nSPS) is 18.0. The molecule has 0 bridgehead atoms. The maximum Gasteiger partial charge on any atom is 0.172 e. The van der Waals surface area contributed by atoms with Crippen LogP contribution in [0.2, 0.25) is 0 Å². The first-order chi connectivity index (χ1) is 10.2. The SMILES string of the molecule is C[N+]1(CCCNc2nn3ccccc3c2N)CCCCC1. The van der Waals surface area contributed by atoms with Gasteiger partial charge in [-0.25, -0.2) is 4.52 Å². The van der Waals surface area contributed by atoms with E-state index in [2.05, 4.69) is 17.5 Å². The number of likely N-dealkylation sites (tertiary alicyclic amines) is 1. The summed E-state index contributed by atoms with van der Waals surface area (Å²) in [7, 11) is 2.39. The highest BCUT2D eigenvalue weighted by molar-refractivity contribution is 5.80. The van der Waals surface area contributed by atoms with Crippen molar-refractivity contribution in [3.05, 3.63) is 24.4 Å². The van der Waals surface area contributed by atoms with Gasteiger partial charge >= 0.3 is 0 Å². The van der Waals surface area contributed by atoms with E-state index in [1.165, 1.54) is 43.4 Å². The lowest BCUT2D eigenvalue weighted by atomic mass is 10.1. The van der Waals surface area contributed by atoms with Gasteiger partial charge in [0.1, 0.15) is 5.69 Å². The third-order valence-corrected chi connectivity index (χ3v) is 4.64. The highest BCUT2D eigenvalue weighted by atomic mass is 15.3. The molecular weight excluding hydrogens is 262 g/mol. The Morgan fingerprint density at radius 2 is 2.10 bits per heavy atom.